The van der Waals surface area contributed by atoms with Crippen molar-refractivity contribution in [1.82, 2.24) is 5.43 Å². The van der Waals surface area contributed by atoms with Crippen molar-refractivity contribution in [3.63, 3.8) is 0 Å². The minimum atomic E-state index is -3.83. The van der Waals surface area contributed by atoms with E-state index >= 15 is 0 Å². The largest absolute Gasteiger partial charge is 0.279 e. The lowest BCUT2D eigenvalue weighted by molar-refractivity contribution is 0.0955. The van der Waals surface area contributed by atoms with Crippen LogP contribution in [0.5, 0.6) is 0 Å². The van der Waals surface area contributed by atoms with Crippen molar-refractivity contribution >= 4 is 39.2 Å². The molecule has 0 fully saturated rings. The molecule has 0 aliphatic heterocycles. The topological polar surface area (TPSA) is 87.6 Å². The van der Waals surface area contributed by atoms with Gasteiger partial charge in [0.15, 0.2) is 0 Å². The van der Waals surface area contributed by atoms with Crippen molar-refractivity contribution in [2.75, 3.05) is 4.72 Å². The van der Waals surface area contributed by atoms with E-state index in [9.17, 15) is 13.2 Å². The van der Waals surface area contributed by atoms with Crippen molar-refractivity contribution in [2.45, 2.75) is 18.7 Å². The molecule has 0 saturated carbocycles. The molecule has 1 aromatic heterocycles. The summed E-state index contributed by atoms with van der Waals surface area (Å²) in [6, 6.07) is 13.1. The Morgan fingerprint density at radius 2 is 1.93 bits per heavy atom. The Labute approximate surface area is 168 Å². The second-order valence-corrected chi connectivity index (χ2v) is 8.67. The van der Waals surface area contributed by atoms with Crippen LogP contribution < -0.4 is 10.1 Å². The molecule has 0 atom stereocenters. The molecule has 0 aliphatic carbocycles. The van der Waals surface area contributed by atoms with Gasteiger partial charge in [0.25, 0.3) is 15.9 Å². The summed E-state index contributed by atoms with van der Waals surface area (Å²) in [5, 5.41) is 7.68. The van der Waals surface area contributed by atoms with Gasteiger partial charge in [-0.05, 0) is 60.5 Å². The van der Waals surface area contributed by atoms with E-state index in [1.54, 1.807) is 6.07 Å². The van der Waals surface area contributed by atoms with Gasteiger partial charge in [0.1, 0.15) is 0 Å². The summed E-state index contributed by atoms with van der Waals surface area (Å²) in [7, 11) is -3.83. The minimum absolute atomic E-state index is 0.00180. The number of hydrazone groups is 1. The smallest absolute Gasteiger partial charge is 0.271 e. The summed E-state index contributed by atoms with van der Waals surface area (Å²) in [5.41, 5.74) is 5.84. The fourth-order valence-corrected chi connectivity index (χ4v) is 4.30. The summed E-state index contributed by atoms with van der Waals surface area (Å²) in [5.74, 6) is -0.491. The van der Waals surface area contributed by atoms with Crippen LogP contribution in [0, 0.1) is 13.8 Å². The summed E-state index contributed by atoms with van der Waals surface area (Å²) >= 11 is 1.52. The van der Waals surface area contributed by atoms with Crippen molar-refractivity contribution < 1.29 is 13.2 Å². The first-order chi connectivity index (χ1) is 13.3. The van der Waals surface area contributed by atoms with Crippen molar-refractivity contribution in [3.8, 4) is 0 Å². The Hall–Kier alpha value is -2.97. The molecule has 2 aromatic carbocycles. The number of nitrogens with one attached hydrogen (secondary N) is 2. The third-order valence-electron chi connectivity index (χ3n) is 3.96. The quantitative estimate of drug-likeness (QED) is 0.474. The van der Waals surface area contributed by atoms with Gasteiger partial charge in [-0.3, -0.25) is 9.52 Å². The molecule has 144 valence electrons. The highest BCUT2D eigenvalue weighted by Crippen LogP contribution is 2.21. The number of thiophene rings is 1. The predicted octanol–water partition coefficient (Wildman–Crippen LogP) is 3.93. The van der Waals surface area contributed by atoms with Crippen LogP contribution in [-0.2, 0) is 10.0 Å². The van der Waals surface area contributed by atoms with E-state index in [2.05, 4.69) is 15.2 Å². The van der Waals surface area contributed by atoms with Crippen molar-refractivity contribution in [1.29, 1.82) is 0 Å². The number of aryl methyl sites for hydroxylation is 2. The van der Waals surface area contributed by atoms with Gasteiger partial charge in [0.05, 0.1) is 16.8 Å². The standard InChI is InChI=1S/C20H19N3O3S2/c1-14-6-7-19(15(2)10-14)23-28(25,26)18-5-3-4-17(11-18)20(24)22-21-12-16-8-9-27-13-16/h3-13,23H,1-2H3,(H,22,24)/b21-12-. The molecule has 0 aliphatic rings. The van der Waals surface area contributed by atoms with Gasteiger partial charge in [-0.25, -0.2) is 13.8 Å². The van der Waals surface area contributed by atoms with Crippen LogP contribution in [0.1, 0.15) is 27.0 Å². The second kappa shape index (κ2) is 8.37. The third-order valence-corrected chi connectivity index (χ3v) is 6.02. The first-order valence-corrected chi connectivity index (χ1v) is 10.8. The van der Waals surface area contributed by atoms with Crippen LogP contribution in [-0.4, -0.2) is 20.5 Å². The molecule has 0 spiro atoms. The summed E-state index contributed by atoms with van der Waals surface area (Å²) in [6.07, 6.45) is 1.52. The fraction of sp³-hybridized carbons (Fsp3) is 0.100. The third kappa shape index (κ3) is 4.85. The molecule has 1 amide bonds. The summed E-state index contributed by atoms with van der Waals surface area (Å²) in [4.78, 5) is 12.3. The fourth-order valence-electron chi connectivity index (χ4n) is 2.51. The Bertz CT molecular complexity index is 1120. The van der Waals surface area contributed by atoms with Crippen LogP contribution in [0.2, 0.25) is 0 Å². The molecule has 6 nitrogen and oxygen atoms in total. The van der Waals surface area contributed by atoms with E-state index in [0.29, 0.717) is 5.69 Å². The highest BCUT2D eigenvalue weighted by molar-refractivity contribution is 7.92. The molecule has 8 heteroatoms. The van der Waals surface area contributed by atoms with E-state index < -0.39 is 15.9 Å². The highest BCUT2D eigenvalue weighted by Gasteiger charge is 2.17. The number of hydrogen-bond acceptors (Lipinski definition) is 5. The van der Waals surface area contributed by atoms with Gasteiger partial charge in [0, 0.05) is 11.1 Å². The molecular weight excluding hydrogens is 394 g/mol. The van der Waals surface area contributed by atoms with Crippen LogP contribution in [0.15, 0.2) is 69.3 Å². The summed E-state index contributed by atoms with van der Waals surface area (Å²) < 4.78 is 28.0. The Kier molecular flexibility index (Phi) is 5.91. The Morgan fingerprint density at radius 3 is 2.64 bits per heavy atom. The number of rotatable bonds is 6. The molecule has 1 heterocycles. The maximum absolute atomic E-state index is 12.7. The Balaban J connectivity index is 1.76. The average Bonchev–Trinajstić information content (AvgIpc) is 3.17. The van der Waals surface area contributed by atoms with Crippen LogP contribution in [0.4, 0.5) is 5.69 Å². The number of amides is 1. The normalized spacial score (nSPS) is 11.5. The van der Waals surface area contributed by atoms with E-state index in [1.807, 2.05) is 42.8 Å². The van der Waals surface area contributed by atoms with Crippen molar-refractivity contribution in [2.24, 2.45) is 5.10 Å². The molecule has 0 bridgehead atoms. The lowest BCUT2D eigenvalue weighted by Crippen LogP contribution is -2.19. The molecule has 28 heavy (non-hydrogen) atoms. The monoisotopic (exact) mass is 413 g/mol. The number of nitrogens with zero attached hydrogens (tertiary/aromatic N) is 1. The van der Waals surface area contributed by atoms with Crippen LogP contribution in [0.25, 0.3) is 0 Å². The number of carbonyl (C=O) groups excluding carboxylic acids is 1. The van der Waals surface area contributed by atoms with Gasteiger partial charge in [-0.15, -0.1) is 0 Å². The number of anilines is 1. The van der Waals surface area contributed by atoms with E-state index in [1.165, 1.54) is 41.8 Å². The maximum Gasteiger partial charge on any atom is 0.271 e. The second-order valence-electron chi connectivity index (χ2n) is 6.21. The van der Waals surface area contributed by atoms with E-state index in [-0.39, 0.29) is 10.5 Å². The molecule has 0 unspecified atom stereocenters. The number of carbonyl (C=O) groups is 1. The lowest BCUT2D eigenvalue weighted by atomic mass is 10.1. The van der Waals surface area contributed by atoms with Gasteiger partial charge < -0.3 is 0 Å². The SMILES string of the molecule is Cc1ccc(NS(=O)(=O)c2cccc(C(=O)N/N=C\c3ccsc3)c2)c(C)c1. The number of sulfonamides is 1. The number of hydrogen-bond donors (Lipinski definition) is 2. The van der Waals surface area contributed by atoms with Crippen molar-refractivity contribution in [3.05, 3.63) is 81.5 Å². The van der Waals surface area contributed by atoms with Gasteiger partial charge in [-0.2, -0.15) is 16.4 Å². The van der Waals surface area contributed by atoms with E-state index in [0.717, 1.165) is 16.7 Å². The van der Waals surface area contributed by atoms with Crippen LogP contribution in [0.3, 0.4) is 0 Å². The van der Waals surface area contributed by atoms with Crippen LogP contribution >= 0.6 is 11.3 Å². The zero-order chi connectivity index (χ0) is 20.1. The highest BCUT2D eigenvalue weighted by atomic mass is 32.2. The molecule has 3 rings (SSSR count). The first kappa shape index (κ1) is 19.8. The van der Waals surface area contributed by atoms with Gasteiger partial charge >= 0.3 is 0 Å². The zero-order valence-electron chi connectivity index (χ0n) is 15.3. The van der Waals surface area contributed by atoms with E-state index in [4.69, 9.17) is 0 Å². The number of benzene rings is 2. The molecule has 2 N–H and O–H groups in total. The Morgan fingerprint density at radius 1 is 1.11 bits per heavy atom. The van der Waals surface area contributed by atoms with Gasteiger partial charge in [-0.1, -0.05) is 23.8 Å². The molecular formula is C20H19N3O3S2. The first-order valence-electron chi connectivity index (χ1n) is 8.41. The zero-order valence-corrected chi connectivity index (χ0v) is 17.0. The lowest BCUT2D eigenvalue weighted by Gasteiger charge is -2.12. The molecule has 3 aromatic rings. The predicted molar refractivity (Wildman–Crippen MR) is 113 cm³/mol. The average molecular weight is 414 g/mol. The maximum atomic E-state index is 12.7. The summed E-state index contributed by atoms with van der Waals surface area (Å²) in [6.45, 7) is 3.77. The molecule has 0 saturated heterocycles. The van der Waals surface area contributed by atoms with Gasteiger partial charge in [0.2, 0.25) is 0 Å². The molecule has 0 radical (unpaired) electrons. The minimum Gasteiger partial charge on any atom is -0.279 e.